The van der Waals surface area contributed by atoms with E-state index in [4.69, 9.17) is 14.5 Å². The molecule has 6 heteroatoms. The number of amidine groups is 1. The second-order valence-electron chi connectivity index (χ2n) is 6.18. The molecule has 0 radical (unpaired) electrons. The van der Waals surface area contributed by atoms with Crippen molar-refractivity contribution in [3.8, 4) is 5.75 Å². The number of nitrogens with zero attached hydrogens (tertiary/aromatic N) is 2. The van der Waals surface area contributed by atoms with Gasteiger partial charge in [-0.1, -0.05) is 42.1 Å². The molecule has 0 N–H and O–H groups in total. The zero-order chi connectivity index (χ0) is 20.1. The van der Waals surface area contributed by atoms with E-state index in [-0.39, 0.29) is 5.97 Å². The van der Waals surface area contributed by atoms with Gasteiger partial charge in [-0.3, -0.25) is 4.90 Å². The van der Waals surface area contributed by atoms with E-state index in [1.807, 2.05) is 79.6 Å². The molecule has 1 atom stereocenters. The monoisotopic (exact) mass is 396 g/mol. The van der Waals surface area contributed by atoms with Crippen LogP contribution in [0.25, 0.3) is 0 Å². The number of carbonyl (C=O) groups excluding carboxylic acids is 1. The van der Waals surface area contributed by atoms with Crippen LogP contribution >= 0.6 is 11.8 Å². The van der Waals surface area contributed by atoms with Crippen LogP contribution in [-0.2, 0) is 9.53 Å². The fraction of sp³-hybridized carbons (Fsp3) is 0.273. The molecule has 2 aromatic rings. The predicted octanol–water partition coefficient (Wildman–Crippen LogP) is 4.81. The van der Waals surface area contributed by atoms with Gasteiger partial charge in [-0.15, -0.1) is 0 Å². The molecule has 0 aromatic heterocycles. The summed E-state index contributed by atoms with van der Waals surface area (Å²) in [6, 6.07) is 17.1. The van der Waals surface area contributed by atoms with Crippen molar-refractivity contribution in [1.29, 1.82) is 0 Å². The second kappa shape index (κ2) is 8.97. The number of allylic oxidation sites excluding steroid dienone is 1. The van der Waals surface area contributed by atoms with Gasteiger partial charge in [0.2, 0.25) is 0 Å². The summed E-state index contributed by atoms with van der Waals surface area (Å²) in [4.78, 5) is 19.8. The van der Waals surface area contributed by atoms with Crippen LogP contribution in [0.1, 0.15) is 25.5 Å². The zero-order valence-corrected chi connectivity index (χ0v) is 17.3. The molecule has 1 aliphatic heterocycles. The van der Waals surface area contributed by atoms with Crippen LogP contribution in [0.15, 0.2) is 70.9 Å². The molecule has 0 saturated carbocycles. The van der Waals surface area contributed by atoms with Crippen molar-refractivity contribution < 1.29 is 14.3 Å². The van der Waals surface area contributed by atoms with Gasteiger partial charge in [0, 0.05) is 11.4 Å². The van der Waals surface area contributed by atoms with Crippen LogP contribution in [0, 0.1) is 0 Å². The molecule has 1 aliphatic rings. The maximum Gasteiger partial charge on any atom is 0.338 e. The van der Waals surface area contributed by atoms with Crippen molar-refractivity contribution in [2.45, 2.75) is 19.9 Å². The van der Waals surface area contributed by atoms with E-state index in [1.54, 1.807) is 18.9 Å². The Balaban J connectivity index is 2.13. The molecule has 0 spiro atoms. The molecular weight excluding hydrogens is 372 g/mol. The number of hydrogen-bond acceptors (Lipinski definition) is 6. The summed E-state index contributed by atoms with van der Waals surface area (Å²) in [6.07, 6.45) is 1.99. The highest BCUT2D eigenvalue weighted by molar-refractivity contribution is 8.13. The Kier molecular flexibility index (Phi) is 6.41. The highest BCUT2D eigenvalue weighted by Gasteiger charge is 2.34. The molecule has 28 heavy (non-hydrogen) atoms. The van der Waals surface area contributed by atoms with E-state index in [0.29, 0.717) is 12.2 Å². The fourth-order valence-electron chi connectivity index (χ4n) is 3.22. The van der Waals surface area contributed by atoms with Gasteiger partial charge in [0.1, 0.15) is 11.8 Å². The summed E-state index contributed by atoms with van der Waals surface area (Å²) in [5.74, 6) is 0.420. The fourth-order valence-corrected chi connectivity index (χ4v) is 3.85. The first-order valence-corrected chi connectivity index (χ1v) is 10.3. The number of methoxy groups -OCH3 is 1. The number of ether oxygens (including phenoxy) is 2. The normalized spacial score (nSPS) is 16.6. The molecule has 2 aromatic carbocycles. The first-order chi connectivity index (χ1) is 13.6. The van der Waals surface area contributed by atoms with E-state index < -0.39 is 6.04 Å². The molecule has 146 valence electrons. The molecule has 3 rings (SSSR count). The predicted molar refractivity (Wildman–Crippen MR) is 115 cm³/mol. The third kappa shape index (κ3) is 3.92. The number of carbonyl (C=O) groups is 1. The van der Waals surface area contributed by atoms with Gasteiger partial charge in [-0.2, -0.15) is 0 Å². The van der Waals surface area contributed by atoms with Crippen molar-refractivity contribution in [1.82, 2.24) is 0 Å². The summed E-state index contributed by atoms with van der Waals surface area (Å²) in [5, 5.41) is 0.831. The van der Waals surface area contributed by atoms with E-state index in [1.165, 1.54) is 0 Å². The molecule has 0 aliphatic carbocycles. The molecule has 0 bridgehead atoms. The summed E-state index contributed by atoms with van der Waals surface area (Å²) in [7, 11) is 1.63. The molecule has 5 nitrogen and oxygen atoms in total. The highest BCUT2D eigenvalue weighted by atomic mass is 32.2. The number of hydrogen-bond donors (Lipinski definition) is 0. The van der Waals surface area contributed by atoms with Crippen LogP contribution < -0.4 is 9.64 Å². The van der Waals surface area contributed by atoms with Crippen LogP contribution in [0.4, 0.5) is 5.69 Å². The van der Waals surface area contributed by atoms with Gasteiger partial charge < -0.3 is 9.47 Å². The average Bonchev–Trinajstić information content (AvgIpc) is 2.73. The number of esters is 1. The minimum atomic E-state index is -0.424. The lowest BCUT2D eigenvalue weighted by molar-refractivity contribution is -0.138. The quantitative estimate of drug-likeness (QED) is 0.679. The summed E-state index contributed by atoms with van der Waals surface area (Å²) < 4.78 is 10.6. The minimum Gasteiger partial charge on any atom is -0.497 e. The first-order valence-electron chi connectivity index (χ1n) is 9.09. The topological polar surface area (TPSA) is 51.1 Å². The number of thioether (sulfide) groups is 1. The average molecular weight is 397 g/mol. The minimum absolute atomic E-state index is 0.315. The Labute approximate surface area is 170 Å². The Morgan fingerprint density at radius 1 is 1.14 bits per heavy atom. The van der Waals surface area contributed by atoms with Gasteiger partial charge >= 0.3 is 5.97 Å². The maximum atomic E-state index is 12.9. The highest BCUT2D eigenvalue weighted by Crippen LogP contribution is 2.39. The van der Waals surface area contributed by atoms with Gasteiger partial charge in [0.25, 0.3) is 0 Å². The van der Waals surface area contributed by atoms with Crippen molar-refractivity contribution in [3.63, 3.8) is 0 Å². The molecule has 0 fully saturated rings. The van der Waals surface area contributed by atoms with Gasteiger partial charge in [0.15, 0.2) is 5.17 Å². The Morgan fingerprint density at radius 3 is 2.39 bits per heavy atom. The van der Waals surface area contributed by atoms with Crippen molar-refractivity contribution in [3.05, 3.63) is 71.4 Å². The van der Waals surface area contributed by atoms with Crippen LogP contribution in [-0.4, -0.2) is 31.1 Å². The van der Waals surface area contributed by atoms with Gasteiger partial charge in [0.05, 0.1) is 19.3 Å². The SMILES string of the molecule is CCOC(=O)C1=C(C)N(c2ccccc2)C(SC)=NC1c1ccc(OC)cc1. The largest absolute Gasteiger partial charge is 0.497 e. The first kappa shape index (κ1) is 20.0. The summed E-state index contributed by atoms with van der Waals surface area (Å²) >= 11 is 1.55. The zero-order valence-electron chi connectivity index (χ0n) is 16.5. The van der Waals surface area contributed by atoms with E-state index in [2.05, 4.69) is 0 Å². The lowest BCUT2D eigenvalue weighted by atomic mass is 9.95. The lowest BCUT2D eigenvalue weighted by Crippen LogP contribution is -2.35. The van der Waals surface area contributed by atoms with Crippen LogP contribution in [0.5, 0.6) is 5.75 Å². The number of benzene rings is 2. The number of rotatable bonds is 5. The van der Waals surface area contributed by atoms with E-state index in [9.17, 15) is 4.79 Å². The van der Waals surface area contributed by atoms with Crippen LogP contribution in [0.2, 0.25) is 0 Å². The Bertz CT molecular complexity index is 892. The van der Waals surface area contributed by atoms with Crippen molar-refractivity contribution in [2.75, 3.05) is 24.9 Å². The third-order valence-corrected chi connectivity index (χ3v) is 5.21. The summed E-state index contributed by atoms with van der Waals surface area (Å²) in [6.45, 7) is 4.07. The molecule has 0 saturated heterocycles. The Hall–Kier alpha value is -2.73. The number of para-hydroxylation sites is 1. The lowest BCUT2D eigenvalue weighted by Gasteiger charge is -2.34. The van der Waals surface area contributed by atoms with Crippen molar-refractivity contribution >= 4 is 28.6 Å². The van der Waals surface area contributed by atoms with E-state index in [0.717, 1.165) is 27.9 Å². The summed E-state index contributed by atoms with van der Waals surface area (Å²) in [5.41, 5.74) is 3.25. The van der Waals surface area contributed by atoms with Crippen molar-refractivity contribution in [2.24, 2.45) is 4.99 Å². The van der Waals surface area contributed by atoms with Gasteiger partial charge in [-0.05, 0) is 49.9 Å². The molecule has 1 unspecified atom stereocenters. The second-order valence-corrected chi connectivity index (χ2v) is 6.96. The van der Waals surface area contributed by atoms with Gasteiger partial charge in [-0.25, -0.2) is 9.79 Å². The molecule has 1 heterocycles. The smallest absolute Gasteiger partial charge is 0.338 e. The van der Waals surface area contributed by atoms with E-state index >= 15 is 0 Å². The molecule has 0 amide bonds. The maximum absolute atomic E-state index is 12.9. The van der Waals surface area contributed by atoms with Crippen LogP contribution in [0.3, 0.4) is 0 Å². The third-order valence-electron chi connectivity index (χ3n) is 4.55. The Morgan fingerprint density at radius 2 is 1.82 bits per heavy atom. The standard InChI is InChI=1S/C22H24N2O3S/c1-5-27-21(25)19-15(2)24(17-9-7-6-8-10-17)22(28-4)23-20(19)16-11-13-18(26-3)14-12-16/h6-14,20H,5H2,1-4H3. The number of anilines is 1. The number of aliphatic imine (C=N–C) groups is 1. The molecular formula is C22H24N2O3S.